The maximum Gasteiger partial charge on any atom is 0.416 e. The number of nitrogens with one attached hydrogen (secondary N) is 1. The van der Waals surface area contributed by atoms with Gasteiger partial charge < -0.3 is 10.2 Å². The van der Waals surface area contributed by atoms with E-state index in [0.29, 0.717) is 15.9 Å². The molecule has 2 rings (SSSR count). The summed E-state index contributed by atoms with van der Waals surface area (Å²) in [4.78, 5) is 26.9. The van der Waals surface area contributed by atoms with Crippen molar-refractivity contribution in [2.75, 3.05) is 23.7 Å². The molecule has 2 aromatic rings. The SMILES string of the molecule is CCNC(=O)[C@H](C)N(Cc1ccc(Cl)c(Cl)c1)C(=O)CN(c1cccc(C(F)(F)F)c1)S(C)(=O)=O. The minimum atomic E-state index is -4.71. The molecule has 0 aromatic heterocycles. The van der Waals surface area contributed by atoms with Crippen molar-refractivity contribution < 1.29 is 31.2 Å². The van der Waals surface area contributed by atoms with Crippen LogP contribution in [0, 0.1) is 0 Å². The molecule has 0 unspecified atom stereocenters. The molecule has 2 aromatic carbocycles. The quantitative estimate of drug-likeness (QED) is 0.500. The largest absolute Gasteiger partial charge is 0.416 e. The Kier molecular flexibility index (Phi) is 9.43. The number of hydrogen-bond acceptors (Lipinski definition) is 4. The highest BCUT2D eigenvalue weighted by atomic mass is 35.5. The highest BCUT2D eigenvalue weighted by Crippen LogP contribution is 2.32. The van der Waals surface area contributed by atoms with E-state index in [9.17, 15) is 31.2 Å². The van der Waals surface area contributed by atoms with Crippen molar-refractivity contribution in [3.8, 4) is 0 Å². The molecule has 1 atom stereocenters. The molecule has 192 valence electrons. The second-order valence-corrected chi connectivity index (χ2v) is 10.4. The van der Waals surface area contributed by atoms with Crippen molar-refractivity contribution >= 4 is 50.7 Å². The van der Waals surface area contributed by atoms with Gasteiger partial charge in [0.2, 0.25) is 21.8 Å². The molecule has 0 bridgehead atoms. The summed E-state index contributed by atoms with van der Waals surface area (Å²) < 4.78 is 65.0. The maximum atomic E-state index is 13.3. The van der Waals surface area contributed by atoms with Gasteiger partial charge in [0.05, 0.1) is 27.6 Å². The van der Waals surface area contributed by atoms with Crippen LogP contribution in [0.2, 0.25) is 10.0 Å². The smallest absolute Gasteiger partial charge is 0.355 e. The Morgan fingerprint density at radius 1 is 1.09 bits per heavy atom. The number of amides is 2. The number of hydrogen-bond donors (Lipinski definition) is 1. The van der Waals surface area contributed by atoms with Gasteiger partial charge in [-0.05, 0) is 49.7 Å². The molecule has 2 amide bonds. The minimum absolute atomic E-state index is 0.131. The van der Waals surface area contributed by atoms with E-state index in [-0.39, 0.29) is 28.8 Å². The van der Waals surface area contributed by atoms with Gasteiger partial charge in [0.15, 0.2) is 0 Å². The van der Waals surface area contributed by atoms with E-state index in [1.54, 1.807) is 13.0 Å². The molecule has 35 heavy (non-hydrogen) atoms. The van der Waals surface area contributed by atoms with Crippen LogP contribution in [0.4, 0.5) is 18.9 Å². The minimum Gasteiger partial charge on any atom is -0.355 e. The molecule has 13 heteroatoms. The van der Waals surface area contributed by atoms with E-state index in [1.807, 2.05) is 0 Å². The number of benzene rings is 2. The Bertz CT molecular complexity index is 1190. The highest BCUT2D eigenvalue weighted by Gasteiger charge is 2.33. The van der Waals surface area contributed by atoms with Crippen LogP contribution in [-0.2, 0) is 32.3 Å². The first-order valence-corrected chi connectivity index (χ1v) is 12.9. The summed E-state index contributed by atoms with van der Waals surface area (Å²) in [6.45, 7) is 2.47. The van der Waals surface area contributed by atoms with Crippen molar-refractivity contribution in [2.24, 2.45) is 0 Å². The Balaban J connectivity index is 2.45. The first-order chi connectivity index (χ1) is 16.1. The molecule has 0 aliphatic rings. The Morgan fingerprint density at radius 3 is 2.29 bits per heavy atom. The number of carbonyl (C=O) groups excluding carboxylic acids is 2. The second-order valence-electron chi connectivity index (χ2n) is 7.66. The Hall–Kier alpha value is -2.50. The molecule has 7 nitrogen and oxygen atoms in total. The standard InChI is InChI=1S/C22H24Cl2F3N3O4S/c1-4-28-21(32)14(2)29(12-15-8-9-18(23)19(24)10-15)20(31)13-30(35(3,33)34)17-7-5-6-16(11-17)22(25,26)27/h5-11,14H,4,12-13H2,1-3H3,(H,28,32)/t14-/m0/s1. The van der Waals surface area contributed by atoms with Gasteiger partial charge in [-0.3, -0.25) is 13.9 Å². The second kappa shape index (κ2) is 11.5. The van der Waals surface area contributed by atoms with Crippen molar-refractivity contribution in [1.29, 1.82) is 0 Å². The summed E-state index contributed by atoms with van der Waals surface area (Å²) in [5.74, 6) is -1.30. The van der Waals surface area contributed by atoms with Gasteiger partial charge in [-0.15, -0.1) is 0 Å². The van der Waals surface area contributed by atoms with Crippen molar-refractivity contribution in [3.05, 3.63) is 63.6 Å². The van der Waals surface area contributed by atoms with Crippen LogP contribution >= 0.6 is 23.2 Å². The van der Waals surface area contributed by atoms with E-state index in [1.165, 1.54) is 19.1 Å². The van der Waals surface area contributed by atoms with Crippen LogP contribution in [-0.4, -0.2) is 50.5 Å². The van der Waals surface area contributed by atoms with Crippen molar-refractivity contribution in [3.63, 3.8) is 0 Å². The van der Waals surface area contributed by atoms with Crippen LogP contribution in [0.25, 0.3) is 0 Å². The zero-order valence-corrected chi connectivity index (χ0v) is 21.4. The summed E-state index contributed by atoms with van der Waals surface area (Å²) in [6, 6.07) is 7.19. The third kappa shape index (κ3) is 7.74. The topological polar surface area (TPSA) is 86.8 Å². The molecule has 0 spiro atoms. The van der Waals surface area contributed by atoms with Gasteiger partial charge in [-0.2, -0.15) is 13.2 Å². The highest BCUT2D eigenvalue weighted by molar-refractivity contribution is 7.92. The van der Waals surface area contributed by atoms with Crippen molar-refractivity contribution in [1.82, 2.24) is 10.2 Å². The normalized spacial score (nSPS) is 12.7. The van der Waals surface area contributed by atoms with Crippen LogP contribution in [0.15, 0.2) is 42.5 Å². The van der Waals surface area contributed by atoms with E-state index < -0.39 is 46.2 Å². The van der Waals surface area contributed by atoms with E-state index in [4.69, 9.17) is 23.2 Å². The first-order valence-electron chi connectivity index (χ1n) is 10.3. The molecule has 0 saturated heterocycles. The zero-order valence-electron chi connectivity index (χ0n) is 19.1. The number of rotatable bonds is 9. The van der Waals surface area contributed by atoms with Gasteiger partial charge in [0.25, 0.3) is 0 Å². The molecule has 0 aliphatic heterocycles. The molecular weight excluding hydrogens is 530 g/mol. The molecular formula is C22H24Cl2F3N3O4S. The van der Waals surface area contributed by atoms with Gasteiger partial charge in [-0.25, -0.2) is 8.42 Å². The summed E-state index contributed by atoms with van der Waals surface area (Å²) in [6.07, 6.45) is -3.94. The molecule has 0 radical (unpaired) electrons. The number of nitrogens with zero attached hydrogens (tertiary/aromatic N) is 2. The maximum absolute atomic E-state index is 13.3. The fourth-order valence-electron chi connectivity index (χ4n) is 3.19. The fraction of sp³-hybridized carbons (Fsp3) is 0.364. The number of halogens is 5. The Morgan fingerprint density at radius 2 is 1.74 bits per heavy atom. The predicted molar refractivity (Wildman–Crippen MR) is 129 cm³/mol. The van der Waals surface area contributed by atoms with Crippen LogP contribution in [0.1, 0.15) is 25.0 Å². The van der Waals surface area contributed by atoms with E-state index in [0.717, 1.165) is 29.4 Å². The monoisotopic (exact) mass is 553 g/mol. The lowest BCUT2D eigenvalue weighted by Gasteiger charge is -2.31. The number of anilines is 1. The zero-order chi connectivity index (χ0) is 26.6. The van der Waals surface area contributed by atoms with Crippen LogP contribution < -0.4 is 9.62 Å². The van der Waals surface area contributed by atoms with Gasteiger partial charge >= 0.3 is 6.18 Å². The molecule has 0 saturated carbocycles. The Labute approximate surface area is 211 Å². The summed E-state index contributed by atoms with van der Waals surface area (Å²) in [5, 5.41) is 3.08. The first kappa shape index (κ1) is 28.7. The average Bonchev–Trinajstić information content (AvgIpc) is 2.76. The predicted octanol–water partition coefficient (Wildman–Crippen LogP) is 4.33. The number of alkyl halides is 3. The van der Waals surface area contributed by atoms with Crippen LogP contribution in [0.3, 0.4) is 0 Å². The summed E-state index contributed by atoms with van der Waals surface area (Å²) >= 11 is 12.0. The van der Waals surface area contributed by atoms with Crippen LogP contribution in [0.5, 0.6) is 0 Å². The molecule has 1 N–H and O–H groups in total. The third-order valence-corrected chi connectivity index (χ3v) is 6.88. The van der Waals surface area contributed by atoms with Gasteiger partial charge in [0, 0.05) is 13.1 Å². The van der Waals surface area contributed by atoms with Crippen molar-refractivity contribution in [2.45, 2.75) is 32.6 Å². The van der Waals surface area contributed by atoms with Gasteiger partial charge in [0.1, 0.15) is 12.6 Å². The summed E-state index contributed by atoms with van der Waals surface area (Å²) in [7, 11) is -4.17. The lowest BCUT2D eigenvalue weighted by molar-refractivity contribution is -0.139. The lowest BCUT2D eigenvalue weighted by Crippen LogP contribution is -2.51. The summed E-state index contributed by atoms with van der Waals surface area (Å²) in [5.41, 5.74) is -0.899. The fourth-order valence-corrected chi connectivity index (χ4v) is 4.35. The van der Waals surface area contributed by atoms with E-state index in [2.05, 4.69) is 5.32 Å². The molecule has 0 fully saturated rings. The molecule has 0 aliphatic carbocycles. The average molecular weight is 554 g/mol. The lowest BCUT2D eigenvalue weighted by atomic mass is 10.1. The van der Waals surface area contributed by atoms with Gasteiger partial charge in [-0.1, -0.05) is 35.3 Å². The third-order valence-electron chi connectivity index (χ3n) is 5.00. The number of sulfonamides is 1. The van der Waals surface area contributed by atoms with E-state index >= 15 is 0 Å². The number of likely N-dealkylation sites (N-methyl/N-ethyl adjacent to an activating group) is 1. The molecule has 0 heterocycles. The number of carbonyl (C=O) groups is 2.